The molecule has 0 atom stereocenters. The Labute approximate surface area is 115 Å². The van der Waals surface area contributed by atoms with Crippen molar-refractivity contribution in [2.24, 2.45) is 0 Å². The molecule has 0 amide bonds. The van der Waals surface area contributed by atoms with E-state index in [0.29, 0.717) is 0 Å². The van der Waals surface area contributed by atoms with Crippen LogP contribution in [0.4, 0.5) is 23.2 Å². The predicted octanol–water partition coefficient (Wildman–Crippen LogP) is 3.71. The number of hydrogen-bond donors (Lipinski definition) is 1. The van der Waals surface area contributed by atoms with Crippen molar-refractivity contribution in [3.05, 3.63) is 47.1 Å². The van der Waals surface area contributed by atoms with E-state index in [-0.39, 0.29) is 10.3 Å². The number of nitrogens with one attached hydrogen (secondary N) is 1. The summed E-state index contributed by atoms with van der Waals surface area (Å²) in [4.78, 5) is 0. The molecule has 0 aliphatic heterocycles. The summed E-state index contributed by atoms with van der Waals surface area (Å²) in [6, 6.07) is 4.44. The minimum atomic E-state index is -4.87. The van der Waals surface area contributed by atoms with Gasteiger partial charge >= 0.3 is 6.18 Å². The van der Waals surface area contributed by atoms with E-state index >= 15 is 0 Å². The quantitative estimate of drug-likeness (QED) is 0.875. The van der Waals surface area contributed by atoms with Gasteiger partial charge < -0.3 is 0 Å². The first-order valence-corrected chi connectivity index (χ1v) is 7.49. The normalized spacial score (nSPS) is 12.4. The topological polar surface area (TPSA) is 46.2 Å². The lowest BCUT2D eigenvalue weighted by Crippen LogP contribution is -2.16. The van der Waals surface area contributed by atoms with Gasteiger partial charge in [-0.2, -0.15) is 13.2 Å². The molecule has 0 aliphatic rings. The van der Waals surface area contributed by atoms with Crippen molar-refractivity contribution in [3.8, 4) is 0 Å². The number of sulfonamides is 1. The standard InChI is InChI=1S/C11H7F4NO2S2/c12-7-3-4-9(8(6-7)11(13,14)15)16-20(17,18)10-2-1-5-19-10/h1-6,16H. The Balaban J connectivity index is 2.45. The van der Waals surface area contributed by atoms with Gasteiger partial charge in [0.15, 0.2) is 0 Å². The number of halogens is 4. The number of benzene rings is 1. The van der Waals surface area contributed by atoms with Crippen LogP contribution in [0.2, 0.25) is 0 Å². The first kappa shape index (κ1) is 14.8. The van der Waals surface area contributed by atoms with Crippen molar-refractivity contribution in [1.29, 1.82) is 0 Å². The summed E-state index contributed by atoms with van der Waals surface area (Å²) in [5.74, 6) is -1.10. The van der Waals surface area contributed by atoms with Crippen LogP contribution in [-0.4, -0.2) is 8.42 Å². The number of hydrogen-bond acceptors (Lipinski definition) is 3. The Morgan fingerprint density at radius 2 is 1.85 bits per heavy atom. The fourth-order valence-electron chi connectivity index (χ4n) is 1.45. The minimum Gasteiger partial charge on any atom is -0.278 e. The van der Waals surface area contributed by atoms with Crippen LogP contribution in [0.1, 0.15) is 5.56 Å². The summed E-state index contributed by atoms with van der Waals surface area (Å²) in [5.41, 5.74) is -2.09. The van der Waals surface area contributed by atoms with E-state index in [2.05, 4.69) is 0 Å². The molecule has 1 aromatic carbocycles. The molecule has 0 aliphatic carbocycles. The van der Waals surface area contributed by atoms with Gasteiger partial charge in [-0.15, -0.1) is 11.3 Å². The van der Waals surface area contributed by atoms with E-state index < -0.39 is 33.3 Å². The van der Waals surface area contributed by atoms with E-state index in [1.807, 2.05) is 4.72 Å². The second kappa shape index (κ2) is 5.06. The number of anilines is 1. The largest absolute Gasteiger partial charge is 0.418 e. The van der Waals surface area contributed by atoms with Crippen LogP contribution < -0.4 is 4.72 Å². The molecule has 2 rings (SSSR count). The van der Waals surface area contributed by atoms with E-state index in [0.717, 1.165) is 23.5 Å². The first-order valence-electron chi connectivity index (χ1n) is 5.13. The first-order chi connectivity index (χ1) is 9.20. The lowest BCUT2D eigenvalue weighted by Gasteiger charge is -2.14. The van der Waals surface area contributed by atoms with Crippen LogP contribution in [0.25, 0.3) is 0 Å². The maximum atomic E-state index is 12.9. The molecule has 1 N–H and O–H groups in total. The third-order valence-corrected chi connectivity index (χ3v) is 5.05. The molecule has 0 unspecified atom stereocenters. The molecule has 3 nitrogen and oxygen atoms in total. The van der Waals surface area contributed by atoms with Crippen LogP contribution >= 0.6 is 11.3 Å². The Hall–Kier alpha value is -1.61. The fourth-order valence-corrected chi connectivity index (χ4v) is 3.52. The molecular weight excluding hydrogens is 318 g/mol. The van der Waals surface area contributed by atoms with Crippen molar-refractivity contribution < 1.29 is 26.0 Å². The maximum absolute atomic E-state index is 12.9. The van der Waals surface area contributed by atoms with Crippen molar-refractivity contribution in [1.82, 2.24) is 0 Å². The van der Waals surface area contributed by atoms with Crippen molar-refractivity contribution in [2.75, 3.05) is 4.72 Å². The summed E-state index contributed by atoms with van der Waals surface area (Å²) < 4.78 is 76.6. The maximum Gasteiger partial charge on any atom is 0.418 e. The third-order valence-electron chi connectivity index (χ3n) is 2.29. The van der Waals surface area contributed by atoms with Crippen LogP contribution in [0.5, 0.6) is 0 Å². The molecule has 1 aromatic heterocycles. The van der Waals surface area contributed by atoms with Gasteiger partial charge in [0, 0.05) is 0 Å². The van der Waals surface area contributed by atoms with Gasteiger partial charge in [-0.3, -0.25) is 4.72 Å². The van der Waals surface area contributed by atoms with Gasteiger partial charge in [-0.1, -0.05) is 6.07 Å². The van der Waals surface area contributed by atoms with Crippen molar-refractivity contribution in [2.45, 2.75) is 10.4 Å². The zero-order valence-corrected chi connectivity index (χ0v) is 11.2. The molecule has 0 saturated heterocycles. The summed E-state index contributed by atoms with van der Waals surface area (Å²) in [6.45, 7) is 0. The highest BCUT2D eigenvalue weighted by Crippen LogP contribution is 2.36. The van der Waals surface area contributed by atoms with Gasteiger partial charge in [0.2, 0.25) is 0 Å². The van der Waals surface area contributed by atoms with E-state index in [4.69, 9.17) is 0 Å². The Morgan fingerprint density at radius 1 is 1.15 bits per heavy atom. The summed E-state index contributed by atoms with van der Waals surface area (Å²) >= 11 is 0.860. The summed E-state index contributed by atoms with van der Waals surface area (Å²) in [6.07, 6.45) is -4.87. The molecular formula is C11H7F4NO2S2. The predicted molar refractivity (Wildman–Crippen MR) is 66.5 cm³/mol. The van der Waals surface area contributed by atoms with Gasteiger partial charge in [-0.05, 0) is 29.6 Å². The number of rotatable bonds is 3. The number of thiophene rings is 1. The van der Waals surface area contributed by atoms with Crippen LogP contribution in [-0.2, 0) is 16.2 Å². The second-order valence-electron chi connectivity index (χ2n) is 3.73. The zero-order valence-electron chi connectivity index (χ0n) is 9.61. The average Bonchev–Trinajstić information content (AvgIpc) is 2.84. The van der Waals surface area contributed by atoms with E-state index in [1.165, 1.54) is 17.5 Å². The molecule has 0 fully saturated rings. The highest BCUT2D eigenvalue weighted by atomic mass is 32.2. The Morgan fingerprint density at radius 3 is 2.40 bits per heavy atom. The van der Waals surface area contributed by atoms with Crippen molar-refractivity contribution >= 4 is 27.0 Å². The summed E-state index contributed by atoms with van der Waals surface area (Å²) in [7, 11) is -4.12. The minimum absolute atomic E-state index is 0.130. The van der Waals surface area contributed by atoms with Crippen LogP contribution in [0.3, 0.4) is 0 Å². The third kappa shape index (κ3) is 3.10. The SMILES string of the molecule is O=S(=O)(Nc1ccc(F)cc1C(F)(F)F)c1cccs1. The number of alkyl halides is 3. The summed E-state index contributed by atoms with van der Waals surface area (Å²) in [5, 5.41) is 1.48. The van der Waals surface area contributed by atoms with Crippen molar-refractivity contribution in [3.63, 3.8) is 0 Å². The van der Waals surface area contributed by atoms with Crippen LogP contribution in [0.15, 0.2) is 39.9 Å². The monoisotopic (exact) mass is 325 g/mol. The zero-order chi connectivity index (χ0) is 15.0. The molecule has 0 bridgehead atoms. The molecule has 2 aromatic rings. The van der Waals surface area contributed by atoms with E-state index in [9.17, 15) is 26.0 Å². The molecule has 0 spiro atoms. The van der Waals surface area contributed by atoms with Crippen LogP contribution in [0, 0.1) is 5.82 Å². The molecule has 20 heavy (non-hydrogen) atoms. The molecule has 108 valence electrons. The second-order valence-corrected chi connectivity index (χ2v) is 6.58. The van der Waals surface area contributed by atoms with E-state index in [1.54, 1.807) is 0 Å². The van der Waals surface area contributed by atoms with Gasteiger partial charge in [0.25, 0.3) is 10.0 Å². The van der Waals surface area contributed by atoms with Gasteiger partial charge in [0.1, 0.15) is 10.0 Å². The smallest absolute Gasteiger partial charge is 0.278 e. The molecule has 0 radical (unpaired) electrons. The molecule has 9 heteroatoms. The lowest BCUT2D eigenvalue weighted by atomic mass is 10.2. The van der Waals surface area contributed by atoms with Gasteiger partial charge in [-0.25, -0.2) is 12.8 Å². The fraction of sp³-hybridized carbons (Fsp3) is 0.0909. The van der Waals surface area contributed by atoms with Gasteiger partial charge in [0.05, 0.1) is 11.3 Å². The highest BCUT2D eigenvalue weighted by molar-refractivity contribution is 7.94. The molecule has 1 heterocycles. The average molecular weight is 325 g/mol. The molecule has 0 saturated carbocycles. The highest BCUT2D eigenvalue weighted by Gasteiger charge is 2.35. The Kier molecular flexibility index (Phi) is 3.74. The lowest BCUT2D eigenvalue weighted by molar-refractivity contribution is -0.137. The Bertz CT molecular complexity index is 709.